The van der Waals surface area contributed by atoms with Gasteiger partial charge >= 0.3 is 16.0 Å². The Morgan fingerprint density at radius 1 is 1.41 bits per heavy atom. The van der Waals surface area contributed by atoms with Crippen LogP contribution in [-0.2, 0) is 14.8 Å². The summed E-state index contributed by atoms with van der Waals surface area (Å²) >= 11 is 1.19. The molecule has 1 aromatic rings. The van der Waals surface area contributed by atoms with Crippen molar-refractivity contribution in [1.82, 2.24) is 15.5 Å². The number of allylic oxidation sites excluding steroid dienone is 1. The monoisotopic (exact) mass is 412 g/mol. The van der Waals surface area contributed by atoms with Crippen molar-refractivity contribution in [1.29, 1.82) is 0 Å². The quantitative estimate of drug-likeness (QED) is 0.438. The van der Waals surface area contributed by atoms with Crippen LogP contribution in [0, 0.1) is 0 Å². The van der Waals surface area contributed by atoms with Crippen LogP contribution in [0.3, 0.4) is 0 Å². The van der Waals surface area contributed by atoms with E-state index in [1.807, 2.05) is 6.07 Å². The molecule has 0 aromatic carbocycles. The van der Waals surface area contributed by atoms with Gasteiger partial charge in [-0.15, -0.1) is 11.8 Å². The zero-order valence-electron chi connectivity index (χ0n) is 14.2. The Morgan fingerprint density at radius 3 is 2.81 bits per heavy atom. The first-order valence-electron chi connectivity index (χ1n) is 8.38. The normalized spacial score (nSPS) is 25.3. The molecule has 0 radical (unpaired) electrons. The zero-order valence-corrected chi connectivity index (χ0v) is 15.9. The number of carbonyl (C=O) groups is 1. The first-order chi connectivity index (χ1) is 12.8. The van der Waals surface area contributed by atoms with Crippen LogP contribution < -0.4 is 15.8 Å². The summed E-state index contributed by atoms with van der Waals surface area (Å²) in [6, 6.07) is 1.89. The lowest BCUT2D eigenvalue weighted by atomic mass is 10.2. The minimum absolute atomic E-state index is 0.100. The van der Waals surface area contributed by atoms with Gasteiger partial charge in [-0.3, -0.25) is 10.1 Å². The van der Waals surface area contributed by atoms with E-state index in [0.717, 1.165) is 18.5 Å². The molecule has 1 saturated carbocycles. The first-order valence-corrected chi connectivity index (χ1v) is 10.9. The number of thioether (sulfide) groups is 1. The van der Waals surface area contributed by atoms with Gasteiger partial charge in [-0.25, -0.2) is 5.14 Å². The highest BCUT2D eigenvalue weighted by molar-refractivity contribution is 8.17. The van der Waals surface area contributed by atoms with Gasteiger partial charge in [0.1, 0.15) is 12.0 Å². The van der Waals surface area contributed by atoms with Gasteiger partial charge in [-0.1, -0.05) is 6.08 Å². The number of aromatic amines is 1. The van der Waals surface area contributed by atoms with E-state index in [0.29, 0.717) is 24.0 Å². The smallest absolute Gasteiger partial charge is 0.554 e. The third-order valence-corrected chi connectivity index (χ3v) is 7.46. The summed E-state index contributed by atoms with van der Waals surface area (Å²) in [4.78, 5) is 15.9. The summed E-state index contributed by atoms with van der Waals surface area (Å²) in [5.74, 6) is 0.529. The molecule has 0 bridgehead atoms. The number of anilines is 1. The van der Waals surface area contributed by atoms with Crippen LogP contribution in [0.5, 0.6) is 0 Å². The van der Waals surface area contributed by atoms with Gasteiger partial charge < -0.3 is 15.7 Å². The molecule has 2 atom stereocenters. The molecule has 3 heterocycles. The second-order valence-corrected chi connectivity index (χ2v) is 9.83. The Balaban J connectivity index is 1.50. The summed E-state index contributed by atoms with van der Waals surface area (Å²) in [6.07, 6.45) is 5.32. The van der Waals surface area contributed by atoms with Crippen LogP contribution in [0.1, 0.15) is 30.9 Å². The number of carbonyl (C=O) groups excluding carboxylic acids is 1. The predicted molar refractivity (Wildman–Crippen MR) is 101 cm³/mol. The van der Waals surface area contributed by atoms with Crippen molar-refractivity contribution < 1.29 is 23.5 Å². The van der Waals surface area contributed by atoms with E-state index < -0.39 is 22.2 Å². The largest absolute Gasteiger partial charge is 0.561 e. The minimum Gasteiger partial charge on any atom is -0.561 e. The van der Waals surface area contributed by atoms with Gasteiger partial charge in [0.15, 0.2) is 15.6 Å². The highest BCUT2D eigenvalue weighted by atomic mass is 32.3. The molecule has 1 fully saturated rings. The zero-order chi connectivity index (χ0) is 19.2. The molecule has 0 amide bonds. The van der Waals surface area contributed by atoms with Crippen LogP contribution in [0.15, 0.2) is 32.8 Å². The number of aliphatic imine (C=N–C) groups is 1. The van der Waals surface area contributed by atoms with Crippen LogP contribution in [-0.4, -0.2) is 47.3 Å². The van der Waals surface area contributed by atoms with Crippen LogP contribution in [0.4, 0.5) is 5.82 Å². The number of aromatic nitrogens is 2. The Morgan fingerprint density at radius 2 is 2.19 bits per heavy atom. The Bertz CT molecular complexity index is 976. The predicted octanol–water partition coefficient (Wildman–Crippen LogP) is -0.919. The summed E-state index contributed by atoms with van der Waals surface area (Å²) in [5, 5.41) is 23.8. The number of rotatable bonds is 6. The van der Waals surface area contributed by atoms with Crippen LogP contribution >= 0.6 is 11.8 Å². The second kappa shape index (κ2) is 6.69. The van der Waals surface area contributed by atoms with Crippen molar-refractivity contribution >= 4 is 39.8 Å². The van der Waals surface area contributed by atoms with E-state index in [2.05, 4.69) is 31.0 Å². The maximum atomic E-state index is 11.6. The van der Waals surface area contributed by atoms with Gasteiger partial charge in [0.05, 0.1) is 5.25 Å². The molecular weight excluding hydrogens is 392 g/mol. The molecule has 1 aromatic heterocycles. The molecule has 0 spiro atoms. The second-order valence-electron chi connectivity index (χ2n) is 6.62. The van der Waals surface area contributed by atoms with E-state index in [1.165, 1.54) is 18.0 Å². The van der Waals surface area contributed by atoms with Gasteiger partial charge in [-0.05, 0) is 19.3 Å². The highest BCUT2D eigenvalue weighted by Crippen LogP contribution is 2.40. The van der Waals surface area contributed by atoms with E-state index in [-0.39, 0.29) is 15.1 Å². The molecule has 2 unspecified atom stereocenters. The number of sulfonamides is 1. The highest BCUT2D eigenvalue weighted by Gasteiger charge is 2.36. The first kappa shape index (κ1) is 18.1. The van der Waals surface area contributed by atoms with E-state index in [1.54, 1.807) is 6.08 Å². The number of hydrogen-bond acceptors (Lipinski definition) is 8. The molecule has 2 aliphatic heterocycles. The summed E-state index contributed by atoms with van der Waals surface area (Å²) in [6.45, 7) is 0. The van der Waals surface area contributed by atoms with Gasteiger partial charge in [-0.2, -0.15) is 13.5 Å². The summed E-state index contributed by atoms with van der Waals surface area (Å²) < 4.78 is 23.4. The Labute approximate surface area is 159 Å². The van der Waals surface area contributed by atoms with E-state index in [9.17, 15) is 13.2 Å². The lowest BCUT2D eigenvalue weighted by molar-refractivity contribution is -0.162. The molecule has 4 rings (SSSR count). The fraction of sp³-hybridized carbons (Fsp3) is 0.400. The topological polar surface area (TPSA) is 167 Å². The van der Waals surface area contributed by atoms with Crippen LogP contribution in [0.25, 0.3) is 0 Å². The fourth-order valence-electron chi connectivity index (χ4n) is 2.93. The van der Waals surface area contributed by atoms with E-state index in [4.69, 9.17) is 5.11 Å². The molecular formula is C15H20N6O4S2+2. The molecule has 1 aliphatic carbocycles. The number of nitrogens with zero attached hydrogens (tertiary/aromatic N) is 2. The van der Waals surface area contributed by atoms with Crippen molar-refractivity contribution in [2.75, 3.05) is 5.32 Å². The van der Waals surface area contributed by atoms with Crippen LogP contribution in [0.2, 0.25) is 0 Å². The van der Waals surface area contributed by atoms with Crippen molar-refractivity contribution in [3.63, 3.8) is 0 Å². The molecule has 8 N–H and O–H groups in total. The number of hydrogen-bond donors (Lipinski definition) is 4. The molecule has 12 heteroatoms. The van der Waals surface area contributed by atoms with Gasteiger partial charge in [0.2, 0.25) is 0 Å². The average Bonchev–Trinajstić information content (AvgIpc) is 3.14. The lowest BCUT2D eigenvalue weighted by Crippen LogP contribution is -2.56. The number of H-pyrrole nitrogens is 1. The van der Waals surface area contributed by atoms with Crippen molar-refractivity contribution in [2.45, 2.75) is 36.6 Å². The number of nitrogens with one attached hydrogen (secondary N) is 3. The third kappa shape index (κ3) is 3.87. The minimum atomic E-state index is -3.49. The van der Waals surface area contributed by atoms with Gasteiger partial charge in [0.25, 0.3) is 0 Å². The standard InChI is InChI=1S/C15H18N6O4S2/c16-27(24,25)12-4-3-10(26-12)14-17-6-8(15(22)23)13(19-14)18-11-5-9(20-21-11)7-1-2-7/h4-7,10,14,19H,1-3H2,(H,22,23)(H2,16,24,25)(H2,18,20,21)/p+2. The molecule has 3 aliphatic rings. The maximum absolute atomic E-state index is 11.6. The van der Waals surface area contributed by atoms with Crippen molar-refractivity contribution in [3.8, 4) is 0 Å². The molecule has 27 heavy (non-hydrogen) atoms. The SMILES string of the molecule is [NH3+]S(=O)(=O)C1=CCC(C2N=CC(C(=O)[OH2+])=C(Nc3cc(C4CC4)[nH]n3)N2)S1. The third-order valence-electron chi connectivity index (χ3n) is 4.48. The maximum Gasteiger partial charge on any atom is 0.554 e. The number of quaternary nitrogens is 1. The molecule has 144 valence electrons. The van der Waals surface area contributed by atoms with Crippen molar-refractivity contribution in [3.05, 3.63) is 33.5 Å². The molecule has 0 saturated heterocycles. The Kier molecular flexibility index (Phi) is 4.48. The summed E-state index contributed by atoms with van der Waals surface area (Å²) in [5.41, 5.74) is 1.14. The molecule has 10 nitrogen and oxygen atoms in total. The average molecular weight is 412 g/mol. The van der Waals surface area contributed by atoms with Crippen molar-refractivity contribution in [2.24, 2.45) is 4.99 Å². The summed E-state index contributed by atoms with van der Waals surface area (Å²) in [7, 11) is -3.49. The lowest BCUT2D eigenvalue weighted by Gasteiger charge is -2.26. The van der Waals surface area contributed by atoms with E-state index >= 15 is 0 Å². The van der Waals surface area contributed by atoms with Gasteiger partial charge in [0, 0.05) is 28.7 Å². The fourth-order valence-corrected chi connectivity index (χ4v) is 5.19. The Hall–Kier alpha value is -2.31.